The molecule has 2 rings (SSSR count). The third-order valence-electron chi connectivity index (χ3n) is 3.08. The van der Waals surface area contributed by atoms with E-state index in [-0.39, 0.29) is 16.8 Å². The number of nitrogens with zero attached hydrogens (tertiary/aromatic N) is 1. The third kappa shape index (κ3) is 3.12. The number of rotatable bonds is 5. The van der Waals surface area contributed by atoms with E-state index in [0.717, 1.165) is 0 Å². The molecule has 22 heavy (non-hydrogen) atoms. The fourth-order valence-electron chi connectivity index (χ4n) is 2.05. The molecule has 2 aromatic rings. The van der Waals surface area contributed by atoms with Gasteiger partial charge in [-0.05, 0) is 18.2 Å². The molecular weight excluding hydrogens is 286 g/mol. The number of hydrogen-bond acceptors (Lipinski definition) is 4. The Morgan fingerprint density at radius 1 is 1.18 bits per heavy atom. The molecule has 6 nitrogen and oxygen atoms in total. The van der Waals surface area contributed by atoms with Crippen molar-refractivity contribution >= 4 is 23.8 Å². The summed E-state index contributed by atoms with van der Waals surface area (Å²) in [5, 5.41) is 20.3. The zero-order valence-electron chi connectivity index (χ0n) is 11.7. The van der Waals surface area contributed by atoms with Gasteiger partial charge in [-0.1, -0.05) is 30.3 Å². The van der Waals surface area contributed by atoms with Crippen molar-refractivity contribution in [3.8, 4) is 5.75 Å². The lowest BCUT2D eigenvalue weighted by Crippen LogP contribution is -2.02. The second-order valence-corrected chi connectivity index (χ2v) is 4.38. The Morgan fingerprint density at radius 3 is 2.55 bits per heavy atom. The first-order chi connectivity index (χ1) is 10.5. The Balaban J connectivity index is 2.54. The van der Waals surface area contributed by atoms with Crippen LogP contribution in [-0.2, 0) is 0 Å². The van der Waals surface area contributed by atoms with Crippen LogP contribution in [0.4, 0.5) is 5.69 Å². The Hall–Kier alpha value is -3.15. The first-order valence-electron chi connectivity index (χ1n) is 6.36. The number of para-hydroxylation sites is 1. The Labute approximate surface area is 126 Å². The summed E-state index contributed by atoms with van der Waals surface area (Å²) in [7, 11) is 1.51. The van der Waals surface area contributed by atoms with Crippen LogP contribution in [0.25, 0.3) is 12.2 Å². The molecule has 0 aliphatic rings. The van der Waals surface area contributed by atoms with Crippen LogP contribution in [0.2, 0.25) is 0 Å². The number of ether oxygens (including phenoxy) is 1. The van der Waals surface area contributed by atoms with Gasteiger partial charge in [-0.15, -0.1) is 0 Å². The molecule has 0 aromatic heterocycles. The second kappa shape index (κ2) is 6.53. The quantitative estimate of drug-likeness (QED) is 0.518. The number of carboxylic acid groups (broad SMARTS) is 1. The Kier molecular flexibility index (Phi) is 4.53. The second-order valence-electron chi connectivity index (χ2n) is 4.38. The monoisotopic (exact) mass is 299 g/mol. The maximum atomic E-state index is 11.2. The lowest BCUT2D eigenvalue weighted by atomic mass is 10.0. The van der Waals surface area contributed by atoms with Crippen LogP contribution in [-0.4, -0.2) is 23.1 Å². The minimum absolute atomic E-state index is 0.0471. The molecule has 0 spiro atoms. The molecule has 0 unspecified atom stereocenters. The van der Waals surface area contributed by atoms with Gasteiger partial charge >= 0.3 is 5.97 Å². The summed E-state index contributed by atoms with van der Waals surface area (Å²) in [4.78, 5) is 21.7. The molecule has 0 heterocycles. The molecule has 0 saturated heterocycles. The Morgan fingerprint density at radius 2 is 1.91 bits per heavy atom. The fourth-order valence-corrected chi connectivity index (χ4v) is 2.05. The highest BCUT2D eigenvalue weighted by Crippen LogP contribution is 2.26. The number of aromatic carboxylic acids is 1. The Bertz CT molecular complexity index is 720. The van der Waals surface area contributed by atoms with E-state index in [1.54, 1.807) is 30.3 Å². The fraction of sp³-hybridized carbons (Fsp3) is 0.0625. The summed E-state index contributed by atoms with van der Waals surface area (Å²) in [6, 6.07) is 11.1. The molecule has 112 valence electrons. The number of methoxy groups -OCH3 is 1. The van der Waals surface area contributed by atoms with E-state index in [1.165, 1.54) is 31.4 Å². The zero-order valence-corrected chi connectivity index (χ0v) is 11.7. The van der Waals surface area contributed by atoms with Gasteiger partial charge in [0.1, 0.15) is 5.75 Å². The molecule has 6 heteroatoms. The van der Waals surface area contributed by atoms with Gasteiger partial charge in [-0.3, -0.25) is 10.1 Å². The van der Waals surface area contributed by atoms with E-state index in [1.807, 2.05) is 0 Å². The van der Waals surface area contributed by atoms with E-state index in [2.05, 4.69) is 0 Å². The van der Waals surface area contributed by atoms with Crippen molar-refractivity contribution in [1.82, 2.24) is 0 Å². The standard InChI is InChI=1S/C16H13NO5/c1-22-15-8-3-2-5-11(15)9-10-12-13(16(18)19)6-4-7-14(12)17(20)21/h2-10H,1H3,(H,18,19)/b10-9+. The van der Waals surface area contributed by atoms with Crippen LogP contribution in [0.15, 0.2) is 42.5 Å². The van der Waals surface area contributed by atoms with E-state index in [9.17, 15) is 20.0 Å². The molecule has 2 aromatic carbocycles. The number of benzene rings is 2. The molecule has 0 atom stereocenters. The van der Waals surface area contributed by atoms with Crippen molar-refractivity contribution in [3.05, 3.63) is 69.3 Å². The van der Waals surface area contributed by atoms with E-state index in [0.29, 0.717) is 11.3 Å². The topological polar surface area (TPSA) is 89.7 Å². The summed E-state index contributed by atoms with van der Waals surface area (Å²) in [5.74, 6) is -0.627. The first-order valence-corrected chi connectivity index (χ1v) is 6.36. The summed E-state index contributed by atoms with van der Waals surface area (Å²) < 4.78 is 5.19. The number of hydrogen-bond donors (Lipinski definition) is 1. The molecule has 0 fully saturated rings. The number of carbonyl (C=O) groups is 1. The van der Waals surface area contributed by atoms with Crippen LogP contribution in [0.1, 0.15) is 21.5 Å². The molecule has 0 bridgehead atoms. The highest BCUT2D eigenvalue weighted by molar-refractivity contribution is 5.95. The largest absolute Gasteiger partial charge is 0.496 e. The highest BCUT2D eigenvalue weighted by atomic mass is 16.6. The van der Waals surface area contributed by atoms with E-state index < -0.39 is 10.9 Å². The summed E-state index contributed by atoms with van der Waals surface area (Å²) in [6.45, 7) is 0. The van der Waals surface area contributed by atoms with Crippen molar-refractivity contribution in [2.75, 3.05) is 7.11 Å². The predicted octanol–water partition coefficient (Wildman–Crippen LogP) is 3.47. The van der Waals surface area contributed by atoms with Crippen molar-refractivity contribution in [3.63, 3.8) is 0 Å². The van der Waals surface area contributed by atoms with Crippen LogP contribution in [0.3, 0.4) is 0 Å². The molecule has 0 saturated carbocycles. The normalized spacial score (nSPS) is 10.6. The van der Waals surface area contributed by atoms with Crippen LogP contribution in [0, 0.1) is 10.1 Å². The molecule has 0 aliphatic carbocycles. The predicted molar refractivity (Wildman–Crippen MR) is 82.0 cm³/mol. The maximum Gasteiger partial charge on any atom is 0.336 e. The van der Waals surface area contributed by atoms with Crippen LogP contribution >= 0.6 is 0 Å². The first kappa shape index (κ1) is 15.2. The lowest BCUT2D eigenvalue weighted by Gasteiger charge is -2.05. The average Bonchev–Trinajstić information content (AvgIpc) is 2.52. The number of nitro groups is 1. The van der Waals surface area contributed by atoms with Gasteiger partial charge in [-0.2, -0.15) is 0 Å². The molecule has 0 amide bonds. The molecule has 1 N–H and O–H groups in total. The SMILES string of the molecule is COc1ccccc1/C=C/c1c(C(=O)O)cccc1[N+](=O)[O-]. The number of carboxylic acids is 1. The van der Waals surface area contributed by atoms with Crippen LogP contribution < -0.4 is 4.74 Å². The minimum atomic E-state index is -1.22. The molecule has 0 radical (unpaired) electrons. The van der Waals surface area contributed by atoms with Crippen molar-refractivity contribution in [2.24, 2.45) is 0 Å². The van der Waals surface area contributed by atoms with E-state index >= 15 is 0 Å². The zero-order chi connectivity index (χ0) is 16.1. The third-order valence-corrected chi connectivity index (χ3v) is 3.08. The minimum Gasteiger partial charge on any atom is -0.496 e. The van der Waals surface area contributed by atoms with Crippen molar-refractivity contribution < 1.29 is 19.6 Å². The van der Waals surface area contributed by atoms with Gasteiger partial charge in [-0.25, -0.2) is 4.79 Å². The maximum absolute atomic E-state index is 11.2. The van der Waals surface area contributed by atoms with Gasteiger partial charge in [0, 0.05) is 11.6 Å². The van der Waals surface area contributed by atoms with Crippen molar-refractivity contribution in [2.45, 2.75) is 0 Å². The van der Waals surface area contributed by atoms with Crippen molar-refractivity contribution in [1.29, 1.82) is 0 Å². The van der Waals surface area contributed by atoms with Gasteiger partial charge in [0.2, 0.25) is 0 Å². The smallest absolute Gasteiger partial charge is 0.336 e. The highest BCUT2D eigenvalue weighted by Gasteiger charge is 2.19. The van der Waals surface area contributed by atoms with Crippen LogP contribution in [0.5, 0.6) is 5.75 Å². The van der Waals surface area contributed by atoms with Gasteiger partial charge in [0.25, 0.3) is 5.69 Å². The van der Waals surface area contributed by atoms with Gasteiger partial charge in [0.05, 0.1) is 23.2 Å². The summed E-state index contributed by atoms with van der Waals surface area (Å²) in [5.41, 5.74) is 0.358. The molecular formula is C16H13NO5. The average molecular weight is 299 g/mol. The van der Waals surface area contributed by atoms with Gasteiger partial charge in [0.15, 0.2) is 0 Å². The summed E-state index contributed by atoms with van der Waals surface area (Å²) >= 11 is 0. The van der Waals surface area contributed by atoms with E-state index in [4.69, 9.17) is 4.74 Å². The summed E-state index contributed by atoms with van der Waals surface area (Å²) in [6.07, 6.45) is 3.01. The lowest BCUT2D eigenvalue weighted by molar-refractivity contribution is -0.385. The molecule has 0 aliphatic heterocycles. The van der Waals surface area contributed by atoms with Gasteiger partial charge < -0.3 is 9.84 Å². The number of nitro benzene ring substituents is 1.